The van der Waals surface area contributed by atoms with Crippen molar-refractivity contribution in [2.45, 2.75) is 65.6 Å². The van der Waals surface area contributed by atoms with Crippen LogP contribution >= 0.6 is 0 Å². The largest absolute Gasteiger partial charge is 0.351 e. The van der Waals surface area contributed by atoms with Gasteiger partial charge in [0.1, 0.15) is 17.6 Å². The summed E-state index contributed by atoms with van der Waals surface area (Å²) in [5.74, 6) is -0.664. The van der Waals surface area contributed by atoms with E-state index in [1.54, 1.807) is 29.0 Å². The van der Waals surface area contributed by atoms with Crippen LogP contribution in [-0.2, 0) is 16.0 Å². The number of nitrogens with zero attached hydrogens (tertiary/aromatic N) is 3. The third kappa shape index (κ3) is 7.02. The number of aryl methyl sites for hydroxylation is 2. The lowest BCUT2D eigenvalue weighted by molar-refractivity contribution is -0.140. The Hall–Kier alpha value is -3.75. The van der Waals surface area contributed by atoms with Crippen LogP contribution < -0.4 is 11.1 Å². The fourth-order valence-corrected chi connectivity index (χ4v) is 5.12. The molecular weight excluding hydrogens is 497 g/mol. The quantitative estimate of drug-likeness (QED) is 0.568. The Morgan fingerprint density at radius 2 is 1.64 bits per heavy atom. The summed E-state index contributed by atoms with van der Waals surface area (Å²) >= 11 is 0. The molecule has 0 saturated carbocycles. The highest BCUT2D eigenvalue weighted by atomic mass is 19.1. The molecule has 2 heterocycles. The van der Waals surface area contributed by atoms with Gasteiger partial charge in [0.15, 0.2) is 0 Å². The second-order valence-corrected chi connectivity index (χ2v) is 11.2. The number of rotatable bonds is 5. The van der Waals surface area contributed by atoms with Gasteiger partial charge in [-0.15, -0.1) is 0 Å². The Balaban J connectivity index is 0.000000395. The first-order valence-electron chi connectivity index (χ1n) is 13.3. The van der Waals surface area contributed by atoms with Crippen molar-refractivity contribution in [2.24, 2.45) is 16.1 Å². The summed E-state index contributed by atoms with van der Waals surface area (Å²) in [6.07, 6.45) is 1.70. The average Bonchev–Trinajstić information content (AvgIpc) is 3.50. The van der Waals surface area contributed by atoms with Crippen LogP contribution in [-0.4, -0.2) is 71.6 Å². The van der Waals surface area contributed by atoms with Crippen molar-refractivity contribution in [3.05, 3.63) is 71.0 Å². The van der Waals surface area contributed by atoms with E-state index in [1.165, 1.54) is 17.7 Å². The van der Waals surface area contributed by atoms with E-state index in [9.17, 15) is 18.8 Å². The summed E-state index contributed by atoms with van der Waals surface area (Å²) < 4.78 is 12.2. The van der Waals surface area contributed by atoms with Gasteiger partial charge in [-0.1, -0.05) is 64.1 Å². The van der Waals surface area contributed by atoms with E-state index in [1.807, 2.05) is 58.9 Å². The smallest absolute Gasteiger partial charge is 0.315 e. The summed E-state index contributed by atoms with van der Waals surface area (Å²) in [7, 11) is 1.58. The molecule has 2 aliphatic rings. The Labute approximate surface area is 230 Å². The van der Waals surface area contributed by atoms with Gasteiger partial charge in [0.2, 0.25) is 5.91 Å². The minimum atomic E-state index is -0.716. The number of carbonyl (C=O) groups excluding carboxylic acids is 3. The summed E-state index contributed by atoms with van der Waals surface area (Å²) in [5.41, 5.74) is 8.10. The number of benzene rings is 2. The molecule has 2 fully saturated rings. The van der Waals surface area contributed by atoms with Gasteiger partial charge in [-0.3, -0.25) is 14.6 Å². The minimum absolute atomic E-state index is 0.0486. The third-order valence-electron chi connectivity index (χ3n) is 7.36. The fraction of sp³-hybridized carbons (Fsp3) is 0.467. The Kier molecular flexibility index (Phi) is 9.48. The summed E-state index contributed by atoms with van der Waals surface area (Å²) in [5, 5.41) is 2.94. The van der Waals surface area contributed by atoms with Crippen LogP contribution in [0.4, 0.5) is 9.18 Å². The highest BCUT2D eigenvalue weighted by Gasteiger charge is 2.49. The standard InChI is InChI=1S/C22H31N5O3.C8H9F/c1-13-8-6-7-9-16(13)17(24-5)19(28)25-18(22(2,3)4)20(29)26-11-15-10-14(26)12-27(15)21(23)30;1-2-7-3-5-8(9)6-4-7/h6-9,14-15,18H,10-12H2,1-5H3,(H2,23,30)(H,25,28);3-6H,2H2,1H3. The van der Waals surface area contributed by atoms with E-state index < -0.39 is 17.5 Å². The fourth-order valence-electron chi connectivity index (χ4n) is 5.12. The van der Waals surface area contributed by atoms with Crippen LogP contribution in [0.15, 0.2) is 53.5 Å². The van der Waals surface area contributed by atoms with Crippen molar-refractivity contribution in [1.82, 2.24) is 15.1 Å². The SMILES string of the molecule is CCc1ccc(F)cc1.CN=C(C(=O)NC(C(=O)N1CC2CC1CN2C(N)=O)C(C)(C)C)c1ccccc1C. The number of urea groups is 1. The van der Waals surface area contributed by atoms with Crippen molar-refractivity contribution in [3.63, 3.8) is 0 Å². The van der Waals surface area contributed by atoms with Gasteiger partial charge in [0.05, 0.1) is 12.1 Å². The molecule has 4 amide bonds. The second kappa shape index (κ2) is 12.4. The van der Waals surface area contributed by atoms with Crippen molar-refractivity contribution in [2.75, 3.05) is 20.1 Å². The van der Waals surface area contributed by atoms with Crippen molar-refractivity contribution in [3.8, 4) is 0 Å². The zero-order chi connectivity index (χ0) is 28.9. The second-order valence-electron chi connectivity index (χ2n) is 11.2. The lowest BCUT2D eigenvalue weighted by Crippen LogP contribution is -2.60. The maximum atomic E-state index is 13.4. The number of hydrogen-bond donors (Lipinski definition) is 2. The van der Waals surface area contributed by atoms with Gasteiger partial charge in [0.25, 0.3) is 5.91 Å². The predicted molar refractivity (Wildman–Crippen MR) is 151 cm³/mol. The zero-order valence-electron chi connectivity index (χ0n) is 23.7. The Bertz CT molecular complexity index is 1220. The Morgan fingerprint density at radius 1 is 1.05 bits per heavy atom. The molecule has 3 atom stereocenters. The van der Waals surface area contributed by atoms with Gasteiger partial charge < -0.3 is 20.9 Å². The number of aliphatic imine (C=N–C) groups is 1. The molecule has 210 valence electrons. The first-order valence-corrected chi connectivity index (χ1v) is 13.3. The number of piperazine rings is 1. The third-order valence-corrected chi connectivity index (χ3v) is 7.36. The number of nitrogens with one attached hydrogen (secondary N) is 1. The average molecular weight is 538 g/mol. The van der Waals surface area contributed by atoms with Gasteiger partial charge in [0, 0.05) is 25.7 Å². The van der Waals surface area contributed by atoms with Crippen LogP contribution in [0, 0.1) is 18.2 Å². The van der Waals surface area contributed by atoms with Gasteiger partial charge in [-0.05, 0) is 48.4 Å². The molecule has 3 unspecified atom stereocenters. The topological polar surface area (TPSA) is 108 Å². The molecule has 2 bridgehead atoms. The maximum absolute atomic E-state index is 13.4. The summed E-state index contributed by atoms with van der Waals surface area (Å²) in [4.78, 5) is 45.7. The molecule has 0 aromatic heterocycles. The van der Waals surface area contributed by atoms with Gasteiger partial charge >= 0.3 is 6.03 Å². The highest BCUT2D eigenvalue weighted by molar-refractivity contribution is 6.46. The number of likely N-dealkylation sites (tertiary alicyclic amines) is 2. The number of hydrogen-bond acceptors (Lipinski definition) is 4. The van der Waals surface area contributed by atoms with Gasteiger partial charge in [-0.25, -0.2) is 9.18 Å². The predicted octanol–water partition coefficient (Wildman–Crippen LogP) is 3.70. The monoisotopic (exact) mass is 537 g/mol. The molecule has 2 aromatic rings. The first kappa shape index (κ1) is 29.8. The lowest BCUT2D eigenvalue weighted by atomic mass is 9.85. The van der Waals surface area contributed by atoms with Gasteiger partial charge in [-0.2, -0.15) is 0 Å². The molecule has 2 aliphatic heterocycles. The molecule has 39 heavy (non-hydrogen) atoms. The molecular formula is C30H40FN5O3. The molecule has 8 nitrogen and oxygen atoms in total. The van der Waals surface area contributed by atoms with Crippen LogP contribution in [0.3, 0.4) is 0 Å². The van der Waals surface area contributed by atoms with Crippen LogP contribution in [0.2, 0.25) is 0 Å². The number of fused-ring (bicyclic) bond motifs is 2. The molecule has 2 saturated heterocycles. The minimum Gasteiger partial charge on any atom is -0.351 e. The van der Waals surface area contributed by atoms with E-state index in [4.69, 9.17) is 5.73 Å². The first-order chi connectivity index (χ1) is 18.4. The molecule has 3 N–H and O–H groups in total. The van der Waals surface area contributed by atoms with E-state index >= 15 is 0 Å². The molecule has 2 aromatic carbocycles. The lowest BCUT2D eigenvalue weighted by Gasteiger charge is -2.39. The molecule has 9 heteroatoms. The molecule has 4 rings (SSSR count). The molecule has 0 spiro atoms. The van der Waals surface area contributed by atoms with E-state index in [2.05, 4.69) is 10.3 Å². The number of nitrogens with two attached hydrogens (primary N) is 1. The van der Waals surface area contributed by atoms with Crippen molar-refractivity contribution in [1.29, 1.82) is 0 Å². The van der Waals surface area contributed by atoms with Crippen molar-refractivity contribution < 1.29 is 18.8 Å². The van der Waals surface area contributed by atoms with E-state index in [0.717, 1.165) is 24.0 Å². The molecule has 0 radical (unpaired) electrons. The number of carbonyl (C=O) groups is 3. The van der Waals surface area contributed by atoms with Crippen LogP contribution in [0.25, 0.3) is 0 Å². The molecule has 0 aliphatic carbocycles. The maximum Gasteiger partial charge on any atom is 0.315 e. The summed E-state index contributed by atoms with van der Waals surface area (Å²) in [6, 6.07) is 12.8. The Morgan fingerprint density at radius 3 is 2.13 bits per heavy atom. The number of amides is 4. The summed E-state index contributed by atoms with van der Waals surface area (Å²) in [6.45, 7) is 10.6. The highest BCUT2D eigenvalue weighted by Crippen LogP contribution is 2.33. The van der Waals surface area contributed by atoms with Crippen molar-refractivity contribution >= 4 is 23.6 Å². The van der Waals surface area contributed by atoms with Crippen LogP contribution in [0.5, 0.6) is 0 Å². The zero-order valence-corrected chi connectivity index (χ0v) is 23.7. The van der Waals surface area contributed by atoms with Crippen LogP contribution in [0.1, 0.15) is 50.8 Å². The van der Waals surface area contributed by atoms with E-state index in [-0.39, 0.29) is 29.7 Å². The normalized spacial score (nSPS) is 19.3. The van der Waals surface area contributed by atoms with E-state index in [0.29, 0.717) is 18.8 Å². The number of halogens is 1. The number of primary amides is 1.